The number of benzene rings is 1. The summed E-state index contributed by atoms with van der Waals surface area (Å²) in [5.41, 5.74) is 6.25. The number of halogens is 1. The fourth-order valence-corrected chi connectivity index (χ4v) is 1.22. The number of guanidine groups is 1. The van der Waals surface area contributed by atoms with Gasteiger partial charge in [-0.05, 0) is 26.0 Å². The Morgan fingerprint density at radius 1 is 1.50 bits per heavy atom. The summed E-state index contributed by atoms with van der Waals surface area (Å²) >= 11 is 0. The second kappa shape index (κ2) is 5.34. The quantitative estimate of drug-likeness (QED) is 0.610. The SMILES string of the molecule is COc1cc(F)ccc1NC(N)=NC(C)C. The van der Waals surface area contributed by atoms with E-state index in [0.717, 1.165) is 0 Å². The highest BCUT2D eigenvalue weighted by molar-refractivity contribution is 5.93. The maximum Gasteiger partial charge on any atom is 0.193 e. The first-order valence-electron chi connectivity index (χ1n) is 4.96. The lowest BCUT2D eigenvalue weighted by molar-refractivity contribution is 0.413. The number of methoxy groups -OCH3 is 1. The van der Waals surface area contributed by atoms with E-state index in [4.69, 9.17) is 10.5 Å². The van der Waals surface area contributed by atoms with Crippen LogP contribution in [-0.4, -0.2) is 19.1 Å². The number of nitrogens with zero attached hydrogens (tertiary/aromatic N) is 1. The molecular formula is C11H16FN3O. The Hall–Kier alpha value is -1.78. The van der Waals surface area contributed by atoms with Crippen LogP contribution in [0, 0.1) is 5.82 Å². The fraction of sp³-hybridized carbons (Fsp3) is 0.364. The van der Waals surface area contributed by atoms with Crippen LogP contribution in [0.1, 0.15) is 13.8 Å². The Kier molecular flexibility index (Phi) is 4.10. The number of rotatable bonds is 3. The number of nitrogens with two attached hydrogens (primary N) is 1. The third-order valence-corrected chi connectivity index (χ3v) is 1.82. The molecule has 0 atom stereocenters. The van der Waals surface area contributed by atoms with Gasteiger partial charge in [0.05, 0.1) is 12.8 Å². The first-order valence-corrected chi connectivity index (χ1v) is 4.96. The summed E-state index contributed by atoms with van der Waals surface area (Å²) in [5.74, 6) is 0.309. The second-order valence-corrected chi connectivity index (χ2v) is 3.58. The molecule has 3 N–H and O–H groups in total. The Morgan fingerprint density at radius 2 is 2.19 bits per heavy atom. The van der Waals surface area contributed by atoms with Gasteiger partial charge in [0.15, 0.2) is 5.96 Å². The van der Waals surface area contributed by atoms with E-state index in [2.05, 4.69) is 10.3 Å². The van der Waals surface area contributed by atoms with Gasteiger partial charge in [-0.15, -0.1) is 0 Å². The zero-order valence-corrected chi connectivity index (χ0v) is 9.62. The molecule has 0 spiro atoms. The summed E-state index contributed by atoms with van der Waals surface area (Å²) < 4.78 is 17.9. The van der Waals surface area contributed by atoms with Crippen LogP contribution in [-0.2, 0) is 0 Å². The molecule has 88 valence electrons. The predicted octanol–water partition coefficient (Wildman–Crippen LogP) is 1.97. The average Bonchev–Trinajstić information content (AvgIpc) is 2.19. The minimum atomic E-state index is -0.359. The predicted molar refractivity (Wildman–Crippen MR) is 63.3 cm³/mol. The monoisotopic (exact) mass is 225 g/mol. The lowest BCUT2D eigenvalue weighted by Gasteiger charge is -2.11. The fourth-order valence-electron chi connectivity index (χ4n) is 1.22. The molecule has 0 saturated heterocycles. The second-order valence-electron chi connectivity index (χ2n) is 3.58. The summed E-state index contributed by atoms with van der Waals surface area (Å²) in [7, 11) is 1.47. The van der Waals surface area contributed by atoms with E-state index in [0.29, 0.717) is 11.4 Å². The topological polar surface area (TPSA) is 59.6 Å². The molecule has 1 rings (SSSR count). The van der Waals surface area contributed by atoms with Crippen molar-refractivity contribution in [1.82, 2.24) is 0 Å². The summed E-state index contributed by atoms with van der Waals surface area (Å²) in [6, 6.07) is 4.26. The molecule has 16 heavy (non-hydrogen) atoms. The van der Waals surface area contributed by atoms with Crippen molar-refractivity contribution in [3.8, 4) is 5.75 Å². The van der Waals surface area contributed by atoms with Crippen molar-refractivity contribution < 1.29 is 9.13 Å². The maximum atomic E-state index is 12.9. The zero-order chi connectivity index (χ0) is 12.1. The van der Waals surface area contributed by atoms with Crippen molar-refractivity contribution in [2.75, 3.05) is 12.4 Å². The van der Waals surface area contributed by atoms with Gasteiger partial charge in [-0.1, -0.05) is 0 Å². The number of anilines is 1. The van der Waals surface area contributed by atoms with Crippen molar-refractivity contribution in [2.45, 2.75) is 19.9 Å². The van der Waals surface area contributed by atoms with Gasteiger partial charge < -0.3 is 15.8 Å². The molecule has 0 amide bonds. The van der Waals surface area contributed by atoms with E-state index < -0.39 is 0 Å². The Labute approximate surface area is 94.3 Å². The molecule has 5 heteroatoms. The van der Waals surface area contributed by atoms with E-state index in [9.17, 15) is 4.39 Å². The molecule has 0 bridgehead atoms. The first kappa shape index (κ1) is 12.3. The van der Waals surface area contributed by atoms with Crippen LogP contribution in [0.3, 0.4) is 0 Å². The Morgan fingerprint density at radius 3 is 2.75 bits per heavy atom. The molecule has 0 radical (unpaired) electrons. The standard InChI is InChI=1S/C11H16FN3O/c1-7(2)14-11(13)15-9-5-4-8(12)6-10(9)16-3/h4-7H,1-3H3,(H3,13,14,15). The van der Waals surface area contributed by atoms with Crippen molar-refractivity contribution in [2.24, 2.45) is 10.7 Å². The van der Waals surface area contributed by atoms with Gasteiger partial charge in [-0.2, -0.15) is 0 Å². The van der Waals surface area contributed by atoms with Crippen LogP contribution >= 0.6 is 0 Å². The molecule has 0 aliphatic heterocycles. The normalized spacial score (nSPS) is 11.7. The van der Waals surface area contributed by atoms with Crippen molar-refractivity contribution in [1.29, 1.82) is 0 Å². The van der Waals surface area contributed by atoms with E-state index in [-0.39, 0.29) is 17.8 Å². The van der Waals surface area contributed by atoms with Gasteiger partial charge in [-0.3, -0.25) is 4.99 Å². The number of aliphatic imine (C=N–C) groups is 1. The van der Waals surface area contributed by atoms with Gasteiger partial charge in [0.1, 0.15) is 11.6 Å². The molecule has 1 aromatic rings. The Bertz CT molecular complexity index is 391. The summed E-state index contributed by atoms with van der Waals surface area (Å²) in [6.45, 7) is 3.83. The third-order valence-electron chi connectivity index (χ3n) is 1.82. The highest BCUT2D eigenvalue weighted by atomic mass is 19.1. The third kappa shape index (κ3) is 3.42. The van der Waals surface area contributed by atoms with Crippen LogP contribution in [0.2, 0.25) is 0 Å². The summed E-state index contributed by atoms with van der Waals surface area (Å²) in [5, 5.41) is 2.86. The van der Waals surface area contributed by atoms with E-state index in [1.807, 2.05) is 13.8 Å². The zero-order valence-electron chi connectivity index (χ0n) is 9.62. The molecule has 0 unspecified atom stereocenters. The number of nitrogens with one attached hydrogen (secondary N) is 1. The van der Waals surface area contributed by atoms with Crippen molar-refractivity contribution in [3.05, 3.63) is 24.0 Å². The molecule has 0 saturated carbocycles. The lowest BCUT2D eigenvalue weighted by atomic mass is 10.3. The highest BCUT2D eigenvalue weighted by Crippen LogP contribution is 2.24. The van der Waals surface area contributed by atoms with Crippen LogP contribution in [0.25, 0.3) is 0 Å². The largest absolute Gasteiger partial charge is 0.494 e. The molecule has 0 aliphatic carbocycles. The summed E-state index contributed by atoms with van der Waals surface area (Å²) in [6.07, 6.45) is 0. The van der Waals surface area contributed by atoms with Gasteiger partial charge >= 0.3 is 0 Å². The maximum absolute atomic E-state index is 12.9. The van der Waals surface area contributed by atoms with E-state index >= 15 is 0 Å². The smallest absolute Gasteiger partial charge is 0.193 e. The lowest BCUT2D eigenvalue weighted by Crippen LogP contribution is -2.24. The molecule has 0 fully saturated rings. The van der Waals surface area contributed by atoms with E-state index in [1.54, 1.807) is 6.07 Å². The van der Waals surface area contributed by atoms with Gasteiger partial charge in [0, 0.05) is 12.1 Å². The van der Waals surface area contributed by atoms with Crippen LogP contribution in [0.5, 0.6) is 5.75 Å². The number of ether oxygens (including phenoxy) is 1. The van der Waals surface area contributed by atoms with Crippen molar-refractivity contribution in [3.63, 3.8) is 0 Å². The molecule has 0 aromatic heterocycles. The molecule has 0 heterocycles. The van der Waals surface area contributed by atoms with Crippen LogP contribution in [0.4, 0.5) is 10.1 Å². The first-order chi connectivity index (χ1) is 7.52. The molecule has 4 nitrogen and oxygen atoms in total. The minimum Gasteiger partial charge on any atom is -0.494 e. The number of hydrogen-bond donors (Lipinski definition) is 2. The van der Waals surface area contributed by atoms with Crippen molar-refractivity contribution >= 4 is 11.6 Å². The molecule has 0 aliphatic rings. The van der Waals surface area contributed by atoms with Crippen LogP contribution in [0.15, 0.2) is 23.2 Å². The van der Waals surface area contributed by atoms with Crippen LogP contribution < -0.4 is 15.8 Å². The van der Waals surface area contributed by atoms with Gasteiger partial charge in [0.25, 0.3) is 0 Å². The molecule has 1 aromatic carbocycles. The average molecular weight is 225 g/mol. The Balaban J connectivity index is 2.88. The van der Waals surface area contributed by atoms with Gasteiger partial charge in [0.2, 0.25) is 0 Å². The molecular weight excluding hydrogens is 209 g/mol. The summed E-state index contributed by atoms with van der Waals surface area (Å²) in [4.78, 5) is 4.10. The number of hydrogen-bond acceptors (Lipinski definition) is 2. The highest BCUT2D eigenvalue weighted by Gasteiger charge is 2.05. The van der Waals surface area contributed by atoms with Gasteiger partial charge in [-0.25, -0.2) is 4.39 Å². The van der Waals surface area contributed by atoms with E-state index in [1.165, 1.54) is 19.2 Å². The minimum absolute atomic E-state index is 0.0962.